The fourth-order valence-electron chi connectivity index (χ4n) is 2.62. The Morgan fingerprint density at radius 2 is 1.93 bits per heavy atom. The van der Waals surface area contributed by atoms with Gasteiger partial charge in [-0.25, -0.2) is 5.10 Å². The number of ether oxygens (including phenoxy) is 2. The molecule has 0 radical (unpaired) electrons. The number of rotatable bonds is 6. The molecule has 0 aliphatic rings. The predicted molar refractivity (Wildman–Crippen MR) is 114 cm³/mol. The van der Waals surface area contributed by atoms with Gasteiger partial charge in [-0.15, -0.1) is 0 Å². The molecule has 8 nitrogen and oxygen atoms in total. The third-order valence-corrected chi connectivity index (χ3v) is 4.32. The first-order valence-electron chi connectivity index (χ1n) is 8.75. The molecule has 0 bridgehead atoms. The van der Waals surface area contributed by atoms with Crippen molar-refractivity contribution in [2.45, 2.75) is 6.92 Å². The number of benzene rings is 2. The van der Waals surface area contributed by atoms with Crippen LogP contribution in [0.1, 0.15) is 12.5 Å². The lowest BCUT2D eigenvalue weighted by Gasteiger charge is -2.12. The zero-order chi connectivity index (χ0) is 21.0. The van der Waals surface area contributed by atoms with Crippen LogP contribution in [0.15, 0.2) is 47.6 Å². The van der Waals surface area contributed by atoms with E-state index in [0.717, 1.165) is 16.8 Å². The smallest absolute Gasteiger partial charge is 0.308 e. The summed E-state index contributed by atoms with van der Waals surface area (Å²) in [6.07, 6.45) is 1.63. The molecule has 9 heteroatoms. The topological polar surface area (TPSA) is 84.7 Å². The third-order valence-electron chi connectivity index (χ3n) is 4.06. The highest BCUT2D eigenvalue weighted by molar-refractivity contribution is 7.71. The van der Waals surface area contributed by atoms with Crippen LogP contribution in [-0.4, -0.2) is 48.3 Å². The minimum atomic E-state index is -0.417. The molecule has 1 aromatic heterocycles. The lowest BCUT2D eigenvalue weighted by molar-refractivity contribution is -0.132. The Balaban J connectivity index is 1.91. The summed E-state index contributed by atoms with van der Waals surface area (Å²) in [6, 6.07) is 13.1. The number of esters is 1. The summed E-state index contributed by atoms with van der Waals surface area (Å²) in [7, 11) is 5.47. The van der Waals surface area contributed by atoms with Gasteiger partial charge in [0, 0.05) is 32.3 Å². The summed E-state index contributed by atoms with van der Waals surface area (Å²) in [5, 5.41) is 11.5. The molecule has 0 fully saturated rings. The van der Waals surface area contributed by atoms with Crippen molar-refractivity contribution in [2.24, 2.45) is 5.10 Å². The summed E-state index contributed by atoms with van der Waals surface area (Å²) in [5.41, 5.74) is 2.70. The average Bonchev–Trinajstić information content (AvgIpc) is 3.07. The second-order valence-corrected chi connectivity index (χ2v) is 6.74. The molecule has 0 atom stereocenters. The van der Waals surface area contributed by atoms with Crippen LogP contribution in [0.3, 0.4) is 0 Å². The normalized spacial score (nSPS) is 10.9. The van der Waals surface area contributed by atoms with Crippen LogP contribution in [0, 0.1) is 4.77 Å². The number of anilines is 1. The maximum Gasteiger partial charge on any atom is 0.308 e. The van der Waals surface area contributed by atoms with E-state index in [1.165, 1.54) is 14.0 Å². The van der Waals surface area contributed by atoms with E-state index in [-0.39, 0.29) is 0 Å². The number of carbonyl (C=O) groups is 1. The molecule has 1 N–H and O–H groups in total. The number of nitrogens with one attached hydrogen (secondary N) is 1. The molecule has 0 saturated carbocycles. The summed E-state index contributed by atoms with van der Waals surface area (Å²) in [6.45, 7) is 1.34. The van der Waals surface area contributed by atoms with E-state index in [1.54, 1.807) is 29.1 Å². The molecular formula is C20H21N5O3S. The molecule has 0 aliphatic heterocycles. The molecule has 0 aliphatic carbocycles. The maximum atomic E-state index is 11.2. The molecule has 0 unspecified atom stereocenters. The monoisotopic (exact) mass is 411 g/mol. The van der Waals surface area contributed by atoms with E-state index >= 15 is 0 Å². The van der Waals surface area contributed by atoms with Gasteiger partial charge in [0.2, 0.25) is 4.77 Å². The number of aromatic amines is 1. The number of carbonyl (C=O) groups excluding carboxylic acids is 1. The Kier molecular flexibility index (Phi) is 6.08. The molecule has 1 heterocycles. The van der Waals surface area contributed by atoms with Crippen molar-refractivity contribution in [1.82, 2.24) is 14.9 Å². The van der Waals surface area contributed by atoms with E-state index in [0.29, 0.717) is 22.1 Å². The van der Waals surface area contributed by atoms with Gasteiger partial charge in [-0.05, 0) is 60.2 Å². The average molecular weight is 411 g/mol. The number of H-pyrrole nitrogens is 1. The van der Waals surface area contributed by atoms with Crippen molar-refractivity contribution < 1.29 is 14.3 Å². The Bertz CT molecular complexity index is 1100. The van der Waals surface area contributed by atoms with Crippen LogP contribution in [0.25, 0.3) is 11.4 Å². The van der Waals surface area contributed by atoms with E-state index in [9.17, 15) is 4.79 Å². The molecule has 0 spiro atoms. The highest BCUT2D eigenvalue weighted by Crippen LogP contribution is 2.28. The van der Waals surface area contributed by atoms with Gasteiger partial charge in [-0.3, -0.25) is 4.79 Å². The highest BCUT2D eigenvalue weighted by Gasteiger charge is 2.10. The van der Waals surface area contributed by atoms with Gasteiger partial charge >= 0.3 is 5.97 Å². The van der Waals surface area contributed by atoms with Crippen molar-refractivity contribution in [1.29, 1.82) is 0 Å². The van der Waals surface area contributed by atoms with Crippen LogP contribution in [-0.2, 0) is 4.79 Å². The van der Waals surface area contributed by atoms with Crippen molar-refractivity contribution in [3.63, 3.8) is 0 Å². The quantitative estimate of drug-likeness (QED) is 0.289. The number of methoxy groups -OCH3 is 1. The zero-order valence-corrected chi connectivity index (χ0v) is 17.4. The Morgan fingerprint density at radius 3 is 2.55 bits per heavy atom. The first kappa shape index (κ1) is 20.3. The van der Waals surface area contributed by atoms with Crippen molar-refractivity contribution >= 4 is 30.1 Å². The van der Waals surface area contributed by atoms with Gasteiger partial charge in [-0.2, -0.15) is 14.9 Å². The minimum absolute atomic E-state index is 0.346. The molecule has 0 saturated heterocycles. The van der Waals surface area contributed by atoms with Gasteiger partial charge in [-0.1, -0.05) is 0 Å². The second-order valence-electron chi connectivity index (χ2n) is 6.35. The van der Waals surface area contributed by atoms with Crippen molar-refractivity contribution in [3.8, 4) is 22.9 Å². The van der Waals surface area contributed by atoms with Crippen molar-refractivity contribution in [3.05, 3.63) is 52.8 Å². The Labute approximate surface area is 173 Å². The summed E-state index contributed by atoms with van der Waals surface area (Å²) in [5.74, 6) is 0.956. The molecule has 3 rings (SSSR count). The molecule has 3 aromatic rings. The molecule has 0 amide bonds. The predicted octanol–water partition coefficient (Wildman–Crippen LogP) is 3.49. The van der Waals surface area contributed by atoms with Gasteiger partial charge in [0.25, 0.3) is 0 Å². The SMILES string of the molecule is COc1cc(C=Nn2c(-c3ccc(N(C)C)cc3)n[nH]c2=S)ccc1OC(C)=O. The molecular weight excluding hydrogens is 390 g/mol. The lowest BCUT2D eigenvalue weighted by Crippen LogP contribution is -2.08. The highest BCUT2D eigenvalue weighted by atomic mass is 32.1. The van der Waals surface area contributed by atoms with Gasteiger partial charge < -0.3 is 14.4 Å². The van der Waals surface area contributed by atoms with E-state index in [1.807, 2.05) is 43.3 Å². The largest absolute Gasteiger partial charge is 0.493 e. The second kappa shape index (κ2) is 8.70. The summed E-state index contributed by atoms with van der Waals surface area (Å²) in [4.78, 5) is 13.2. The van der Waals surface area contributed by atoms with E-state index < -0.39 is 5.97 Å². The molecule has 29 heavy (non-hydrogen) atoms. The number of hydrogen-bond donors (Lipinski definition) is 1. The zero-order valence-electron chi connectivity index (χ0n) is 16.5. The van der Waals surface area contributed by atoms with Crippen LogP contribution >= 0.6 is 12.2 Å². The fourth-order valence-corrected chi connectivity index (χ4v) is 2.80. The Morgan fingerprint density at radius 1 is 1.21 bits per heavy atom. The minimum Gasteiger partial charge on any atom is -0.493 e. The van der Waals surface area contributed by atoms with Gasteiger partial charge in [0.05, 0.1) is 13.3 Å². The summed E-state index contributed by atoms with van der Waals surface area (Å²) < 4.78 is 12.3. The molecule has 150 valence electrons. The van der Waals surface area contributed by atoms with Crippen LogP contribution < -0.4 is 14.4 Å². The third kappa shape index (κ3) is 4.69. The van der Waals surface area contributed by atoms with Crippen molar-refractivity contribution in [2.75, 3.05) is 26.1 Å². The first-order valence-corrected chi connectivity index (χ1v) is 9.16. The maximum absolute atomic E-state index is 11.2. The number of nitrogens with zero attached hydrogens (tertiary/aromatic N) is 4. The van der Waals surface area contributed by atoms with Gasteiger partial charge in [0.1, 0.15) is 0 Å². The first-order chi connectivity index (χ1) is 13.9. The number of aromatic nitrogens is 3. The summed E-state index contributed by atoms with van der Waals surface area (Å²) >= 11 is 5.31. The Hall–Kier alpha value is -3.46. The van der Waals surface area contributed by atoms with E-state index in [4.69, 9.17) is 21.7 Å². The van der Waals surface area contributed by atoms with Gasteiger partial charge in [0.15, 0.2) is 17.3 Å². The lowest BCUT2D eigenvalue weighted by atomic mass is 10.2. The standard InChI is InChI=1S/C20H21N5O3S/c1-13(26)28-17-10-5-14(11-18(17)27-4)12-21-25-19(22-23-20(25)29)15-6-8-16(9-7-15)24(2)3/h5-12H,1-4H3,(H,23,29). The molecule has 2 aromatic carbocycles. The van der Waals surface area contributed by atoms with Crippen LogP contribution in [0.5, 0.6) is 11.5 Å². The number of hydrogen-bond acceptors (Lipinski definition) is 7. The van der Waals surface area contributed by atoms with Crippen LogP contribution in [0.4, 0.5) is 5.69 Å². The van der Waals surface area contributed by atoms with Crippen LogP contribution in [0.2, 0.25) is 0 Å². The fraction of sp³-hybridized carbons (Fsp3) is 0.200. The van der Waals surface area contributed by atoms with E-state index in [2.05, 4.69) is 15.3 Å².